The summed E-state index contributed by atoms with van der Waals surface area (Å²) in [5.74, 6) is 1.78. The molecule has 0 radical (unpaired) electrons. The summed E-state index contributed by atoms with van der Waals surface area (Å²) >= 11 is 0. The molecule has 112 valence electrons. The highest BCUT2D eigenvalue weighted by Gasteiger charge is 2.14. The first-order valence-electron chi connectivity index (χ1n) is 7.20. The Hall–Kier alpha value is -1.78. The van der Waals surface area contributed by atoms with Crippen LogP contribution >= 0.6 is 0 Å². The van der Waals surface area contributed by atoms with Crippen LogP contribution in [-0.2, 0) is 0 Å². The van der Waals surface area contributed by atoms with E-state index >= 15 is 0 Å². The van der Waals surface area contributed by atoms with Gasteiger partial charge in [0.1, 0.15) is 5.75 Å². The molecule has 1 aromatic carbocycles. The van der Waals surface area contributed by atoms with Crippen molar-refractivity contribution in [2.24, 2.45) is 5.11 Å². The zero-order valence-electron chi connectivity index (χ0n) is 12.6. The van der Waals surface area contributed by atoms with Gasteiger partial charge in [-0.05, 0) is 19.3 Å². The lowest BCUT2D eigenvalue weighted by Gasteiger charge is -2.15. The van der Waals surface area contributed by atoms with Gasteiger partial charge >= 0.3 is 0 Å². The van der Waals surface area contributed by atoms with Crippen LogP contribution in [0.2, 0.25) is 0 Å². The third-order valence-corrected chi connectivity index (χ3v) is 2.52. The minimum atomic E-state index is 0.427. The van der Waals surface area contributed by atoms with E-state index in [-0.39, 0.29) is 0 Å². The molecule has 0 heterocycles. The fourth-order valence-electron chi connectivity index (χ4n) is 1.62. The highest BCUT2D eigenvalue weighted by molar-refractivity contribution is 5.64. The van der Waals surface area contributed by atoms with E-state index in [1.807, 2.05) is 13.8 Å². The molecule has 20 heavy (non-hydrogen) atoms. The van der Waals surface area contributed by atoms with E-state index in [1.165, 1.54) is 0 Å². The lowest BCUT2D eigenvalue weighted by atomic mass is 10.2. The Morgan fingerprint density at radius 1 is 0.850 bits per heavy atom. The van der Waals surface area contributed by atoms with Crippen molar-refractivity contribution in [2.75, 3.05) is 19.8 Å². The number of nitrogens with zero attached hydrogens (tertiary/aromatic N) is 1. The van der Waals surface area contributed by atoms with E-state index in [1.54, 1.807) is 12.1 Å². The molecule has 0 spiro atoms. The molecule has 0 atom stereocenters. The summed E-state index contributed by atoms with van der Waals surface area (Å²) in [6.07, 6.45) is 2.71. The van der Waals surface area contributed by atoms with Crippen LogP contribution in [0, 0.1) is 5.53 Å². The zero-order valence-corrected chi connectivity index (χ0v) is 12.6. The van der Waals surface area contributed by atoms with Gasteiger partial charge in [-0.25, -0.2) is 5.53 Å². The minimum absolute atomic E-state index is 0.427. The topological polar surface area (TPSA) is 63.9 Å². The molecule has 1 rings (SSSR count). The predicted octanol–water partition coefficient (Wildman–Crippen LogP) is 4.72. The Morgan fingerprint density at radius 2 is 1.30 bits per heavy atom. The van der Waals surface area contributed by atoms with Gasteiger partial charge < -0.3 is 14.2 Å². The van der Waals surface area contributed by atoms with Crippen molar-refractivity contribution in [1.82, 2.24) is 0 Å². The van der Waals surface area contributed by atoms with Gasteiger partial charge in [-0.15, -0.1) is 0 Å². The van der Waals surface area contributed by atoms with E-state index < -0.39 is 0 Å². The van der Waals surface area contributed by atoms with Crippen LogP contribution in [0.4, 0.5) is 5.69 Å². The van der Waals surface area contributed by atoms with Gasteiger partial charge in [-0.2, -0.15) is 5.11 Å². The molecular weight excluding hydrogens is 256 g/mol. The second-order valence-electron chi connectivity index (χ2n) is 4.43. The van der Waals surface area contributed by atoms with Gasteiger partial charge in [0, 0.05) is 12.1 Å². The summed E-state index contributed by atoms with van der Waals surface area (Å²) in [7, 11) is 0. The van der Waals surface area contributed by atoms with Crippen molar-refractivity contribution < 1.29 is 14.2 Å². The van der Waals surface area contributed by atoms with Crippen molar-refractivity contribution in [3.05, 3.63) is 12.1 Å². The van der Waals surface area contributed by atoms with Crippen LogP contribution in [-0.4, -0.2) is 19.8 Å². The summed E-state index contributed by atoms with van der Waals surface area (Å²) in [4.78, 5) is 0. The molecule has 0 aliphatic rings. The van der Waals surface area contributed by atoms with E-state index in [4.69, 9.17) is 19.7 Å². The Kier molecular flexibility index (Phi) is 7.47. The maximum absolute atomic E-state index is 7.33. The second-order valence-corrected chi connectivity index (χ2v) is 4.43. The quantitative estimate of drug-likeness (QED) is 0.631. The standard InChI is InChI=1S/C15H24N2O3/c1-4-7-18-12-10-13(19-8-5-2)15(17-16)14(11-12)20-9-6-3/h10-11,16H,4-9H2,1-3H3. The van der Waals surface area contributed by atoms with Crippen molar-refractivity contribution in [3.63, 3.8) is 0 Å². The first-order valence-corrected chi connectivity index (χ1v) is 7.20. The van der Waals surface area contributed by atoms with Crippen molar-refractivity contribution in [1.29, 1.82) is 5.53 Å². The largest absolute Gasteiger partial charge is 0.493 e. The van der Waals surface area contributed by atoms with Gasteiger partial charge in [-0.3, -0.25) is 0 Å². The van der Waals surface area contributed by atoms with Gasteiger partial charge in [0.2, 0.25) is 0 Å². The summed E-state index contributed by atoms with van der Waals surface area (Å²) in [5.41, 5.74) is 7.76. The molecular formula is C15H24N2O3. The lowest BCUT2D eigenvalue weighted by molar-refractivity contribution is 0.288. The Labute approximate surface area is 120 Å². The van der Waals surface area contributed by atoms with Crippen molar-refractivity contribution in [3.8, 4) is 17.2 Å². The Balaban J connectivity index is 3.05. The van der Waals surface area contributed by atoms with Crippen LogP contribution in [0.25, 0.3) is 0 Å². The molecule has 0 bridgehead atoms. The van der Waals surface area contributed by atoms with Crippen LogP contribution in [0.5, 0.6) is 17.2 Å². The number of hydrogen-bond donors (Lipinski definition) is 1. The van der Waals surface area contributed by atoms with Crippen molar-refractivity contribution in [2.45, 2.75) is 40.0 Å². The number of benzene rings is 1. The average Bonchev–Trinajstić information content (AvgIpc) is 2.48. The molecule has 0 fully saturated rings. The first kappa shape index (κ1) is 16.3. The van der Waals surface area contributed by atoms with Crippen LogP contribution in [0.15, 0.2) is 17.2 Å². The maximum atomic E-state index is 7.33. The summed E-state index contributed by atoms with van der Waals surface area (Å²) < 4.78 is 16.9. The van der Waals surface area contributed by atoms with Crippen molar-refractivity contribution >= 4 is 5.69 Å². The Bertz CT molecular complexity index is 393. The van der Waals surface area contributed by atoms with Crippen LogP contribution < -0.4 is 14.2 Å². The molecule has 1 N–H and O–H groups in total. The summed E-state index contributed by atoms with van der Waals surface area (Å²) in [6, 6.07) is 3.55. The zero-order chi connectivity index (χ0) is 14.8. The third kappa shape index (κ3) is 4.72. The fourth-order valence-corrected chi connectivity index (χ4v) is 1.62. The van der Waals surface area contributed by atoms with Crippen LogP contribution in [0.3, 0.4) is 0 Å². The number of ether oxygens (including phenoxy) is 3. The highest BCUT2D eigenvalue weighted by atomic mass is 16.5. The summed E-state index contributed by atoms with van der Waals surface area (Å²) in [5, 5.41) is 3.54. The lowest BCUT2D eigenvalue weighted by Crippen LogP contribution is -2.01. The molecule has 5 nitrogen and oxygen atoms in total. The van der Waals surface area contributed by atoms with E-state index in [2.05, 4.69) is 12.0 Å². The monoisotopic (exact) mass is 280 g/mol. The van der Waals surface area contributed by atoms with E-state index in [0.717, 1.165) is 19.3 Å². The number of nitrogens with one attached hydrogen (secondary N) is 1. The highest BCUT2D eigenvalue weighted by Crippen LogP contribution is 2.41. The van der Waals surface area contributed by atoms with E-state index in [9.17, 15) is 0 Å². The predicted molar refractivity (Wildman–Crippen MR) is 78.6 cm³/mol. The smallest absolute Gasteiger partial charge is 0.169 e. The molecule has 0 saturated carbocycles. The number of hydrogen-bond acceptors (Lipinski definition) is 5. The van der Waals surface area contributed by atoms with Gasteiger partial charge in [0.15, 0.2) is 17.2 Å². The maximum Gasteiger partial charge on any atom is 0.169 e. The van der Waals surface area contributed by atoms with Gasteiger partial charge in [-0.1, -0.05) is 20.8 Å². The minimum Gasteiger partial charge on any atom is -0.493 e. The van der Waals surface area contributed by atoms with Gasteiger partial charge in [0.05, 0.1) is 19.8 Å². The number of rotatable bonds is 10. The fraction of sp³-hybridized carbons (Fsp3) is 0.600. The normalized spacial score (nSPS) is 10.2. The third-order valence-electron chi connectivity index (χ3n) is 2.52. The summed E-state index contributed by atoms with van der Waals surface area (Å²) in [6.45, 7) is 7.90. The second kappa shape index (κ2) is 9.18. The first-order chi connectivity index (χ1) is 9.76. The molecule has 0 amide bonds. The molecule has 0 aromatic heterocycles. The van der Waals surface area contributed by atoms with Crippen LogP contribution in [0.1, 0.15) is 40.0 Å². The Morgan fingerprint density at radius 3 is 1.70 bits per heavy atom. The average molecular weight is 280 g/mol. The molecule has 0 aliphatic heterocycles. The molecule has 0 unspecified atom stereocenters. The van der Waals surface area contributed by atoms with Gasteiger partial charge in [0.25, 0.3) is 0 Å². The SMILES string of the molecule is CCCOc1cc(OCCC)c(N=N)c(OCCC)c1. The molecule has 5 heteroatoms. The molecule has 1 aromatic rings. The molecule has 0 aliphatic carbocycles. The molecule has 0 saturated heterocycles. The van der Waals surface area contributed by atoms with E-state index in [0.29, 0.717) is 42.8 Å².